The Bertz CT molecular complexity index is 1280. The van der Waals surface area contributed by atoms with Gasteiger partial charge in [-0.05, 0) is 46.7 Å². The zero-order valence-corrected chi connectivity index (χ0v) is 20.2. The molecule has 0 fully saturated rings. The van der Waals surface area contributed by atoms with Gasteiger partial charge in [0.15, 0.2) is 0 Å². The van der Waals surface area contributed by atoms with E-state index in [-0.39, 0.29) is 11.7 Å². The predicted molar refractivity (Wildman–Crippen MR) is 131 cm³/mol. The lowest BCUT2D eigenvalue weighted by Crippen LogP contribution is -2.27. The Balaban J connectivity index is 1.37. The van der Waals surface area contributed by atoms with Crippen molar-refractivity contribution in [2.45, 2.75) is 11.8 Å². The minimum atomic E-state index is -0.0392. The second-order valence-electron chi connectivity index (χ2n) is 7.56. The van der Waals surface area contributed by atoms with Crippen molar-refractivity contribution in [2.75, 3.05) is 34.1 Å². The summed E-state index contributed by atoms with van der Waals surface area (Å²) < 4.78 is 21.6. The van der Waals surface area contributed by atoms with Crippen LogP contribution in [0.2, 0.25) is 0 Å². The zero-order valence-electron chi connectivity index (χ0n) is 19.4. The Morgan fingerprint density at radius 1 is 0.882 bits per heavy atom. The fraction of sp³-hybridized carbons (Fsp3) is 0.240. The molecule has 1 aromatic heterocycles. The van der Waals surface area contributed by atoms with Gasteiger partial charge in [-0.2, -0.15) is 0 Å². The first kappa shape index (κ1) is 23.4. The van der Waals surface area contributed by atoms with E-state index in [0.29, 0.717) is 34.7 Å². The summed E-state index contributed by atoms with van der Waals surface area (Å²) in [5, 5.41) is 10.6. The third-order valence-electron chi connectivity index (χ3n) is 5.28. The van der Waals surface area contributed by atoms with Gasteiger partial charge in [0, 0.05) is 25.2 Å². The van der Waals surface area contributed by atoms with Crippen molar-refractivity contribution in [3.63, 3.8) is 0 Å². The summed E-state index contributed by atoms with van der Waals surface area (Å²) in [6.45, 7) is 0.500. The molecule has 0 N–H and O–H groups in total. The molecule has 9 heteroatoms. The summed E-state index contributed by atoms with van der Waals surface area (Å²) in [4.78, 5) is 14.4. The molecule has 0 aliphatic heterocycles. The highest BCUT2D eigenvalue weighted by Gasteiger charge is 2.15. The molecular weight excluding hydrogens is 454 g/mol. The van der Waals surface area contributed by atoms with Gasteiger partial charge in [0.25, 0.3) is 5.22 Å². The molecule has 0 atom stereocenters. The zero-order chi connectivity index (χ0) is 24.1. The molecule has 0 radical (unpaired) electrons. The van der Waals surface area contributed by atoms with Gasteiger partial charge in [-0.15, -0.1) is 10.2 Å². The molecule has 1 heterocycles. The molecule has 4 aromatic rings. The topological polar surface area (TPSA) is 86.9 Å². The molecule has 1 amide bonds. The molecular formula is C25H25N3O5S. The number of fused-ring (bicyclic) bond motifs is 1. The van der Waals surface area contributed by atoms with E-state index in [4.69, 9.17) is 18.6 Å². The van der Waals surface area contributed by atoms with Gasteiger partial charge in [0.2, 0.25) is 11.8 Å². The van der Waals surface area contributed by atoms with Crippen molar-refractivity contribution in [1.29, 1.82) is 0 Å². The van der Waals surface area contributed by atoms with Crippen molar-refractivity contribution < 1.29 is 23.4 Å². The number of benzene rings is 3. The van der Waals surface area contributed by atoms with E-state index in [1.807, 2.05) is 30.3 Å². The van der Waals surface area contributed by atoms with Crippen LogP contribution in [-0.4, -0.2) is 55.1 Å². The Hall–Kier alpha value is -3.72. The molecule has 4 rings (SSSR count). The maximum atomic E-state index is 12.7. The minimum Gasteiger partial charge on any atom is -0.497 e. The van der Waals surface area contributed by atoms with E-state index < -0.39 is 0 Å². The Morgan fingerprint density at radius 3 is 2.26 bits per heavy atom. The van der Waals surface area contributed by atoms with Crippen LogP contribution in [0.25, 0.3) is 22.2 Å². The van der Waals surface area contributed by atoms with Crippen LogP contribution in [-0.2, 0) is 11.3 Å². The van der Waals surface area contributed by atoms with E-state index in [9.17, 15) is 4.79 Å². The van der Waals surface area contributed by atoms with E-state index in [1.165, 1.54) is 11.8 Å². The fourth-order valence-electron chi connectivity index (χ4n) is 3.41. The molecule has 0 aliphatic rings. The average molecular weight is 480 g/mol. The maximum absolute atomic E-state index is 12.7. The van der Waals surface area contributed by atoms with Crippen LogP contribution in [0.3, 0.4) is 0 Å². The lowest BCUT2D eigenvalue weighted by Gasteiger charge is -2.17. The van der Waals surface area contributed by atoms with E-state index in [0.717, 1.165) is 22.1 Å². The van der Waals surface area contributed by atoms with Crippen LogP contribution in [0.5, 0.6) is 17.2 Å². The number of carbonyl (C=O) groups excluding carboxylic acids is 1. The summed E-state index contributed by atoms with van der Waals surface area (Å²) in [5.41, 5.74) is 1.72. The largest absolute Gasteiger partial charge is 0.497 e. The van der Waals surface area contributed by atoms with Gasteiger partial charge in [-0.25, -0.2) is 0 Å². The number of nitrogens with zero attached hydrogens (tertiary/aromatic N) is 3. The van der Waals surface area contributed by atoms with Gasteiger partial charge in [-0.1, -0.05) is 30.0 Å². The van der Waals surface area contributed by atoms with Crippen LogP contribution in [0.15, 0.2) is 64.2 Å². The molecule has 0 aliphatic carbocycles. The monoisotopic (exact) mass is 479 g/mol. The average Bonchev–Trinajstić information content (AvgIpc) is 3.35. The summed E-state index contributed by atoms with van der Waals surface area (Å²) >= 11 is 1.20. The Kier molecular flexibility index (Phi) is 7.22. The first-order valence-corrected chi connectivity index (χ1v) is 11.5. The lowest BCUT2D eigenvalue weighted by atomic mass is 10.1. The standard InChI is InChI=1S/C25H25N3O5S/c1-28(14-16-5-6-18-10-20(30-2)8-7-17(18)9-16)23(29)15-34-25-27-26-24(33-25)19-11-21(31-3)13-22(12-19)32-4/h5-13H,14-15H2,1-4H3. The van der Waals surface area contributed by atoms with Gasteiger partial charge in [0.05, 0.1) is 27.1 Å². The molecule has 0 saturated heterocycles. The van der Waals surface area contributed by atoms with Crippen LogP contribution in [0.4, 0.5) is 0 Å². The van der Waals surface area contributed by atoms with Crippen LogP contribution < -0.4 is 14.2 Å². The van der Waals surface area contributed by atoms with Crippen molar-refractivity contribution in [2.24, 2.45) is 0 Å². The molecule has 0 unspecified atom stereocenters. The lowest BCUT2D eigenvalue weighted by molar-refractivity contribution is -0.127. The number of methoxy groups -OCH3 is 3. The number of ether oxygens (including phenoxy) is 3. The molecule has 8 nitrogen and oxygen atoms in total. The fourth-order valence-corrected chi connectivity index (χ4v) is 4.11. The highest BCUT2D eigenvalue weighted by Crippen LogP contribution is 2.30. The van der Waals surface area contributed by atoms with Crippen LogP contribution in [0.1, 0.15) is 5.56 Å². The van der Waals surface area contributed by atoms with Crippen molar-refractivity contribution in [3.8, 4) is 28.7 Å². The molecule has 3 aromatic carbocycles. The van der Waals surface area contributed by atoms with Crippen molar-refractivity contribution >= 4 is 28.4 Å². The number of aromatic nitrogens is 2. The van der Waals surface area contributed by atoms with Gasteiger partial charge >= 0.3 is 0 Å². The maximum Gasteiger partial charge on any atom is 0.277 e. The normalized spacial score (nSPS) is 10.8. The Labute approximate surface area is 201 Å². The summed E-state index contributed by atoms with van der Waals surface area (Å²) in [6.07, 6.45) is 0. The molecule has 34 heavy (non-hydrogen) atoms. The number of rotatable bonds is 9. The van der Waals surface area contributed by atoms with Crippen molar-refractivity contribution in [3.05, 3.63) is 60.2 Å². The number of hydrogen-bond acceptors (Lipinski definition) is 8. The third-order valence-corrected chi connectivity index (χ3v) is 6.08. The second-order valence-corrected chi connectivity index (χ2v) is 8.49. The van der Waals surface area contributed by atoms with Gasteiger partial charge in [0.1, 0.15) is 17.2 Å². The quantitative estimate of drug-likeness (QED) is 0.320. The molecule has 0 bridgehead atoms. The third kappa shape index (κ3) is 5.43. The van der Waals surface area contributed by atoms with Gasteiger partial charge in [-0.3, -0.25) is 4.79 Å². The summed E-state index contributed by atoms with van der Waals surface area (Å²) in [5.74, 6) is 2.53. The first-order chi connectivity index (χ1) is 16.5. The Morgan fingerprint density at radius 2 is 1.56 bits per heavy atom. The number of carbonyl (C=O) groups is 1. The predicted octanol–water partition coefficient (Wildman–Crippen LogP) is 4.67. The summed E-state index contributed by atoms with van der Waals surface area (Å²) in [6, 6.07) is 17.4. The number of thioether (sulfide) groups is 1. The van der Waals surface area contributed by atoms with E-state index in [2.05, 4.69) is 16.3 Å². The SMILES string of the molecule is COc1cc(OC)cc(-c2nnc(SCC(=O)N(C)Cc3ccc4cc(OC)ccc4c3)o2)c1. The first-order valence-electron chi connectivity index (χ1n) is 10.5. The van der Waals surface area contributed by atoms with Gasteiger partial charge < -0.3 is 23.5 Å². The molecule has 0 saturated carbocycles. The number of amides is 1. The van der Waals surface area contributed by atoms with Crippen molar-refractivity contribution in [1.82, 2.24) is 15.1 Å². The molecule has 176 valence electrons. The van der Waals surface area contributed by atoms with Crippen LogP contribution in [0, 0.1) is 0 Å². The van der Waals surface area contributed by atoms with Crippen LogP contribution >= 0.6 is 11.8 Å². The summed E-state index contributed by atoms with van der Waals surface area (Å²) in [7, 11) is 6.58. The highest BCUT2D eigenvalue weighted by molar-refractivity contribution is 7.99. The van der Waals surface area contributed by atoms with E-state index >= 15 is 0 Å². The van der Waals surface area contributed by atoms with E-state index in [1.54, 1.807) is 51.5 Å². The smallest absolute Gasteiger partial charge is 0.277 e. The second kappa shape index (κ2) is 10.5. The minimum absolute atomic E-state index is 0.0392. The molecule has 0 spiro atoms. The number of hydrogen-bond donors (Lipinski definition) is 0. The highest BCUT2D eigenvalue weighted by atomic mass is 32.2.